The minimum Gasteiger partial charge on any atom is -0.492 e. The van der Waals surface area contributed by atoms with E-state index in [4.69, 9.17) is 4.74 Å². The Hall–Kier alpha value is -1.75. The van der Waals surface area contributed by atoms with Gasteiger partial charge in [0.05, 0.1) is 6.54 Å². The van der Waals surface area contributed by atoms with Gasteiger partial charge in [-0.1, -0.05) is 26.0 Å². The van der Waals surface area contributed by atoms with E-state index in [2.05, 4.69) is 60.4 Å². The fourth-order valence-electron chi connectivity index (χ4n) is 1.95. The average Bonchev–Trinajstić information content (AvgIpc) is 2.52. The Kier molecular flexibility index (Phi) is 9.23. The SMILES string of the molecule is CCNC(=NCc1cccc(OCCN(C)C)c1)NC(C)C(C)C. The van der Waals surface area contributed by atoms with Crippen molar-refractivity contribution >= 4 is 5.96 Å². The number of hydrogen-bond donors (Lipinski definition) is 2. The zero-order valence-corrected chi connectivity index (χ0v) is 16.1. The molecule has 0 aliphatic heterocycles. The van der Waals surface area contributed by atoms with E-state index >= 15 is 0 Å². The molecule has 0 aromatic heterocycles. The summed E-state index contributed by atoms with van der Waals surface area (Å²) in [6.07, 6.45) is 0. The van der Waals surface area contributed by atoms with Crippen molar-refractivity contribution in [3.8, 4) is 5.75 Å². The molecule has 5 nitrogen and oxygen atoms in total. The van der Waals surface area contributed by atoms with E-state index in [1.165, 1.54) is 0 Å². The van der Waals surface area contributed by atoms with Gasteiger partial charge in [-0.25, -0.2) is 4.99 Å². The standard InChI is InChI=1S/C19H34N4O/c1-7-20-19(22-16(4)15(2)3)21-14-17-9-8-10-18(13-17)24-12-11-23(5)6/h8-10,13,15-16H,7,11-12,14H2,1-6H3,(H2,20,21,22). The molecule has 0 aliphatic rings. The molecule has 0 bridgehead atoms. The third kappa shape index (κ3) is 8.20. The lowest BCUT2D eigenvalue weighted by molar-refractivity contribution is 0.261. The largest absolute Gasteiger partial charge is 0.492 e. The van der Waals surface area contributed by atoms with Crippen LogP contribution in [0, 0.1) is 5.92 Å². The average molecular weight is 335 g/mol. The smallest absolute Gasteiger partial charge is 0.191 e. The van der Waals surface area contributed by atoms with E-state index in [0.29, 0.717) is 25.1 Å². The number of likely N-dealkylation sites (N-methyl/N-ethyl adjacent to an activating group) is 1. The molecule has 0 fully saturated rings. The first-order valence-electron chi connectivity index (χ1n) is 8.83. The second-order valence-corrected chi connectivity index (χ2v) is 6.67. The van der Waals surface area contributed by atoms with Crippen molar-refractivity contribution < 1.29 is 4.74 Å². The van der Waals surface area contributed by atoms with Crippen LogP contribution in [-0.4, -0.2) is 50.7 Å². The molecule has 2 N–H and O–H groups in total. The maximum absolute atomic E-state index is 5.79. The van der Waals surface area contributed by atoms with Crippen molar-refractivity contribution in [2.24, 2.45) is 10.9 Å². The molecule has 0 heterocycles. The van der Waals surface area contributed by atoms with Crippen LogP contribution in [0.1, 0.15) is 33.3 Å². The van der Waals surface area contributed by atoms with Crippen molar-refractivity contribution in [2.45, 2.75) is 40.3 Å². The van der Waals surface area contributed by atoms with E-state index in [1.807, 2.05) is 26.2 Å². The monoisotopic (exact) mass is 334 g/mol. The van der Waals surface area contributed by atoms with Crippen LogP contribution in [0.4, 0.5) is 0 Å². The Bertz CT molecular complexity index is 500. The topological polar surface area (TPSA) is 48.9 Å². The molecule has 1 atom stereocenters. The molecule has 0 aliphatic carbocycles. The maximum atomic E-state index is 5.79. The molecule has 0 radical (unpaired) electrons. The van der Waals surface area contributed by atoms with Crippen molar-refractivity contribution in [1.82, 2.24) is 15.5 Å². The van der Waals surface area contributed by atoms with Crippen LogP contribution < -0.4 is 15.4 Å². The van der Waals surface area contributed by atoms with Gasteiger partial charge in [0.1, 0.15) is 12.4 Å². The number of ether oxygens (including phenoxy) is 1. The second kappa shape index (κ2) is 10.9. The molecule has 0 amide bonds. The van der Waals surface area contributed by atoms with E-state index in [0.717, 1.165) is 30.4 Å². The summed E-state index contributed by atoms with van der Waals surface area (Å²) in [4.78, 5) is 6.80. The Morgan fingerprint density at radius 2 is 2.00 bits per heavy atom. The summed E-state index contributed by atoms with van der Waals surface area (Å²) in [5.74, 6) is 2.32. The van der Waals surface area contributed by atoms with Crippen LogP contribution in [-0.2, 0) is 6.54 Å². The van der Waals surface area contributed by atoms with Crippen LogP contribution in [0.2, 0.25) is 0 Å². The van der Waals surface area contributed by atoms with Crippen molar-refractivity contribution in [3.05, 3.63) is 29.8 Å². The first-order valence-corrected chi connectivity index (χ1v) is 8.83. The van der Waals surface area contributed by atoms with Gasteiger partial charge in [0, 0.05) is 19.1 Å². The number of hydrogen-bond acceptors (Lipinski definition) is 3. The summed E-state index contributed by atoms with van der Waals surface area (Å²) in [5, 5.41) is 6.75. The van der Waals surface area contributed by atoms with Crippen molar-refractivity contribution in [3.63, 3.8) is 0 Å². The molecule has 1 rings (SSSR count). The summed E-state index contributed by atoms with van der Waals surface area (Å²) < 4.78 is 5.79. The van der Waals surface area contributed by atoms with Crippen LogP contribution in [0.25, 0.3) is 0 Å². The molecule has 5 heteroatoms. The molecule has 24 heavy (non-hydrogen) atoms. The third-order valence-electron chi connectivity index (χ3n) is 3.83. The zero-order chi connectivity index (χ0) is 17.9. The molecule has 1 aromatic rings. The van der Waals surface area contributed by atoms with E-state index in [9.17, 15) is 0 Å². The normalized spacial score (nSPS) is 13.2. The molecule has 1 unspecified atom stereocenters. The summed E-state index contributed by atoms with van der Waals surface area (Å²) in [7, 11) is 4.09. The van der Waals surface area contributed by atoms with E-state index in [-0.39, 0.29) is 0 Å². The quantitative estimate of drug-likeness (QED) is 0.538. The van der Waals surface area contributed by atoms with Gasteiger partial charge in [0.2, 0.25) is 0 Å². The molecule has 0 saturated carbocycles. The van der Waals surface area contributed by atoms with Crippen molar-refractivity contribution in [1.29, 1.82) is 0 Å². The predicted octanol–water partition coefficient (Wildman–Crippen LogP) is 2.73. The molecule has 0 spiro atoms. The van der Waals surface area contributed by atoms with Gasteiger partial charge in [-0.3, -0.25) is 0 Å². The lowest BCUT2D eigenvalue weighted by atomic mass is 10.1. The Labute approximate surface area is 147 Å². The highest BCUT2D eigenvalue weighted by molar-refractivity contribution is 5.80. The predicted molar refractivity (Wildman–Crippen MR) is 103 cm³/mol. The minimum absolute atomic E-state index is 0.378. The Morgan fingerprint density at radius 1 is 1.25 bits per heavy atom. The molecular formula is C19H34N4O. The Balaban J connectivity index is 2.64. The van der Waals surface area contributed by atoms with Gasteiger partial charge in [0.25, 0.3) is 0 Å². The minimum atomic E-state index is 0.378. The van der Waals surface area contributed by atoms with Gasteiger partial charge in [-0.05, 0) is 51.6 Å². The van der Waals surface area contributed by atoms with Gasteiger partial charge < -0.3 is 20.3 Å². The van der Waals surface area contributed by atoms with Crippen LogP contribution in [0.3, 0.4) is 0 Å². The molecular weight excluding hydrogens is 300 g/mol. The highest BCUT2D eigenvalue weighted by atomic mass is 16.5. The fraction of sp³-hybridized carbons (Fsp3) is 0.632. The summed E-state index contributed by atoms with van der Waals surface area (Å²) >= 11 is 0. The third-order valence-corrected chi connectivity index (χ3v) is 3.83. The lowest BCUT2D eigenvalue weighted by Gasteiger charge is -2.20. The number of nitrogens with zero attached hydrogens (tertiary/aromatic N) is 2. The van der Waals surface area contributed by atoms with E-state index in [1.54, 1.807) is 0 Å². The van der Waals surface area contributed by atoms with Gasteiger partial charge >= 0.3 is 0 Å². The van der Waals surface area contributed by atoms with Gasteiger partial charge in [-0.15, -0.1) is 0 Å². The maximum Gasteiger partial charge on any atom is 0.191 e. The van der Waals surface area contributed by atoms with E-state index < -0.39 is 0 Å². The summed E-state index contributed by atoms with van der Waals surface area (Å²) in [5.41, 5.74) is 1.15. The number of guanidine groups is 1. The number of aliphatic imine (C=N–C) groups is 1. The summed E-state index contributed by atoms with van der Waals surface area (Å²) in [6, 6.07) is 8.54. The molecule has 0 saturated heterocycles. The second-order valence-electron chi connectivity index (χ2n) is 6.67. The fourth-order valence-corrected chi connectivity index (χ4v) is 1.95. The molecule has 1 aromatic carbocycles. The van der Waals surface area contributed by atoms with Crippen LogP contribution >= 0.6 is 0 Å². The molecule has 136 valence electrons. The van der Waals surface area contributed by atoms with Crippen LogP contribution in [0.5, 0.6) is 5.75 Å². The number of nitrogens with one attached hydrogen (secondary N) is 2. The zero-order valence-electron chi connectivity index (χ0n) is 16.1. The highest BCUT2D eigenvalue weighted by Gasteiger charge is 2.08. The first-order chi connectivity index (χ1) is 11.4. The van der Waals surface area contributed by atoms with Crippen LogP contribution in [0.15, 0.2) is 29.3 Å². The number of benzene rings is 1. The summed E-state index contributed by atoms with van der Waals surface area (Å²) in [6.45, 7) is 11.7. The Morgan fingerprint density at radius 3 is 2.62 bits per heavy atom. The number of rotatable bonds is 9. The highest BCUT2D eigenvalue weighted by Crippen LogP contribution is 2.14. The van der Waals surface area contributed by atoms with Gasteiger partial charge in [0.15, 0.2) is 5.96 Å². The van der Waals surface area contributed by atoms with Crippen molar-refractivity contribution in [2.75, 3.05) is 33.8 Å². The van der Waals surface area contributed by atoms with Gasteiger partial charge in [-0.2, -0.15) is 0 Å². The first kappa shape index (κ1) is 20.3. The lowest BCUT2D eigenvalue weighted by Crippen LogP contribution is -2.44.